The lowest BCUT2D eigenvalue weighted by atomic mass is 9.93. The molecule has 2 heterocycles. The van der Waals surface area contributed by atoms with Crippen molar-refractivity contribution in [2.75, 3.05) is 6.54 Å². The summed E-state index contributed by atoms with van der Waals surface area (Å²) in [5.74, 6) is 0.0313. The van der Waals surface area contributed by atoms with E-state index in [1.165, 1.54) is 11.3 Å². The topological polar surface area (TPSA) is 79.5 Å². The number of hydrogen-bond acceptors (Lipinski definition) is 3. The second-order valence-electron chi connectivity index (χ2n) is 6.77. The van der Waals surface area contributed by atoms with Gasteiger partial charge in [-0.1, -0.05) is 25.3 Å². The number of aromatic nitrogens is 1. The van der Waals surface area contributed by atoms with Crippen molar-refractivity contribution in [2.24, 2.45) is 5.73 Å². The Morgan fingerprint density at radius 3 is 2.62 bits per heavy atom. The summed E-state index contributed by atoms with van der Waals surface area (Å²) >= 11 is 0. The molecule has 2 N–H and O–H groups in total. The molecule has 1 aliphatic heterocycles. The number of carbonyl (C=O) groups excluding carboxylic acids is 2. The number of carbonyl (C=O) groups is 2. The number of pyridine rings is 1. The van der Waals surface area contributed by atoms with Crippen molar-refractivity contribution in [3.8, 4) is 0 Å². The van der Waals surface area contributed by atoms with E-state index < -0.39 is 12.1 Å². The molecule has 0 bridgehead atoms. The van der Waals surface area contributed by atoms with Gasteiger partial charge in [0.05, 0.1) is 12.2 Å². The first kappa shape index (κ1) is 16.7. The molecule has 1 aromatic rings. The van der Waals surface area contributed by atoms with Crippen molar-refractivity contribution >= 4 is 11.9 Å². The van der Waals surface area contributed by atoms with Gasteiger partial charge in [0.2, 0.25) is 5.91 Å². The highest BCUT2D eigenvalue weighted by atomic mass is 16.2. The van der Waals surface area contributed by atoms with Crippen LogP contribution >= 0.6 is 0 Å². The fourth-order valence-electron chi connectivity index (χ4n) is 3.92. The molecule has 1 aromatic heterocycles. The molecule has 0 spiro atoms. The second-order valence-corrected chi connectivity index (χ2v) is 6.77. The van der Waals surface area contributed by atoms with Crippen LogP contribution in [0.5, 0.6) is 0 Å². The summed E-state index contributed by atoms with van der Waals surface area (Å²) in [4.78, 5) is 32.7. The predicted octanol–water partition coefficient (Wildman–Crippen LogP) is 2.29. The molecule has 3 amide bonds. The lowest BCUT2D eigenvalue weighted by Crippen LogP contribution is -2.52. The van der Waals surface area contributed by atoms with Gasteiger partial charge in [0.25, 0.3) is 0 Å². The highest BCUT2D eigenvalue weighted by Gasteiger charge is 2.38. The lowest BCUT2D eigenvalue weighted by molar-refractivity contribution is -0.139. The molecule has 2 fully saturated rings. The van der Waals surface area contributed by atoms with Crippen molar-refractivity contribution in [2.45, 2.75) is 63.6 Å². The molecular weight excluding hydrogens is 304 g/mol. The molecule has 0 unspecified atom stereocenters. The van der Waals surface area contributed by atoms with E-state index in [0.29, 0.717) is 19.5 Å². The third-order valence-corrected chi connectivity index (χ3v) is 5.18. The van der Waals surface area contributed by atoms with Gasteiger partial charge in [0.1, 0.15) is 6.04 Å². The minimum absolute atomic E-state index is 0.0313. The Kier molecular flexibility index (Phi) is 5.33. The SMILES string of the molecule is NC(=O)N1CCC[C@H]1C(=O)N(Cc1ccccn1)C1CCCCC1. The van der Waals surface area contributed by atoms with Crippen molar-refractivity contribution in [1.82, 2.24) is 14.8 Å². The molecule has 1 saturated carbocycles. The van der Waals surface area contributed by atoms with Gasteiger partial charge in [-0.05, 0) is 37.8 Å². The second kappa shape index (κ2) is 7.64. The van der Waals surface area contributed by atoms with Gasteiger partial charge in [-0.2, -0.15) is 0 Å². The van der Waals surface area contributed by atoms with E-state index in [0.717, 1.165) is 37.8 Å². The van der Waals surface area contributed by atoms with E-state index in [-0.39, 0.29) is 11.9 Å². The molecule has 130 valence electrons. The van der Waals surface area contributed by atoms with Crippen LogP contribution in [0.25, 0.3) is 0 Å². The molecule has 1 saturated heterocycles. The standard InChI is InChI=1S/C18H26N4O2/c19-18(24)21-12-6-10-16(21)17(23)22(15-8-2-1-3-9-15)13-14-7-4-5-11-20-14/h4-5,7,11,15-16H,1-3,6,8-10,12-13H2,(H2,19,24)/t16-/m0/s1. The zero-order chi connectivity index (χ0) is 16.9. The smallest absolute Gasteiger partial charge is 0.315 e. The van der Waals surface area contributed by atoms with Gasteiger partial charge >= 0.3 is 6.03 Å². The summed E-state index contributed by atoms with van der Waals surface area (Å²) in [6.07, 6.45) is 8.89. The van der Waals surface area contributed by atoms with Crippen LogP contribution in [0.4, 0.5) is 4.79 Å². The van der Waals surface area contributed by atoms with E-state index in [2.05, 4.69) is 4.98 Å². The first-order valence-corrected chi connectivity index (χ1v) is 8.93. The van der Waals surface area contributed by atoms with Crippen LogP contribution in [0.2, 0.25) is 0 Å². The summed E-state index contributed by atoms with van der Waals surface area (Å²) in [6.45, 7) is 1.08. The van der Waals surface area contributed by atoms with Crippen molar-refractivity contribution in [3.05, 3.63) is 30.1 Å². The monoisotopic (exact) mass is 330 g/mol. The maximum atomic E-state index is 13.2. The van der Waals surface area contributed by atoms with Gasteiger partial charge in [-0.15, -0.1) is 0 Å². The predicted molar refractivity (Wildman–Crippen MR) is 91.0 cm³/mol. The van der Waals surface area contributed by atoms with Crippen LogP contribution in [0.3, 0.4) is 0 Å². The minimum atomic E-state index is -0.493. The average Bonchev–Trinajstić information content (AvgIpc) is 3.11. The van der Waals surface area contributed by atoms with Gasteiger partial charge < -0.3 is 15.5 Å². The van der Waals surface area contributed by atoms with E-state index in [9.17, 15) is 9.59 Å². The normalized spacial score (nSPS) is 21.7. The van der Waals surface area contributed by atoms with Crippen LogP contribution in [-0.4, -0.2) is 45.4 Å². The van der Waals surface area contributed by atoms with Gasteiger partial charge in [-0.3, -0.25) is 9.78 Å². The Hall–Kier alpha value is -2.11. The summed E-state index contributed by atoms with van der Waals surface area (Å²) in [6, 6.07) is 5.10. The number of nitrogens with two attached hydrogens (primary N) is 1. The largest absolute Gasteiger partial charge is 0.351 e. The summed E-state index contributed by atoms with van der Waals surface area (Å²) in [5, 5.41) is 0. The quantitative estimate of drug-likeness (QED) is 0.920. The Balaban J connectivity index is 1.80. The fourth-order valence-corrected chi connectivity index (χ4v) is 3.92. The molecule has 0 aromatic carbocycles. The van der Waals surface area contributed by atoms with Crippen LogP contribution < -0.4 is 5.73 Å². The van der Waals surface area contributed by atoms with E-state index in [1.54, 1.807) is 6.20 Å². The first-order chi connectivity index (χ1) is 11.7. The van der Waals surface area contributed by atoms with Gasteiger partial charge in [-0.25, -0.2) is 4.79 Å². The van der Waals surface area contributed by atoms with E-state index in [4.69, 9.17) is 5.73 Å². The third kappa shape index (κ3) is 3.68. The average molecular weight is 330 g/mol. The Labute approximate surface area is 143 Å². The van der Waals surface area contributed by atoms with Crippen LogP contribution in [0.1, 0.15) is 50.6 Å². The van der Waals surface area contributed by atoms with Crippen LogP contribution in [0.15, 0.2) is 24.4 Å². The molecule has 2 aliphatic rings. The van der Waals surface area contributed by atoms with Gasteiger partial charge in [0, 0.05) is 18.8 Å². The maximum absolute atomic E-state index is 13.2. The molecule has 0 radical (unpaired) electrons. The Morgan fingerprint density at radius 2 is 1.96 bits per heavy atom. The van der Waals surface area contributed by atoms with Crippen molar-refractivity contribution in [1.29, 1.82) is 0 Å². The minimum Gasteiger partial charge on any atom is -0.351 e. The third-order valence-electron chi connectivity index (χ3n) is 5.18. The zero-order valence-corrected chi connectivity index (χ0v) is 14.1. The van der Waals surface area contributed by atoms with Crippen molar-refractivity contribution in [3.63, 3.8) is 0 Å². The van der Waals surface area contributed by atoms with E-state index >= 15 is 0 Å². The number of urea groups is 1. The molecule has 24 heavy (non-hydrogen) atoms. The van der Waals surface area contributed by atoms with Gasteiger partial charge in [0.15, 0.2) is 0 Å². The molecular formula is C18H26N4O2. The number of rotatable bonds is 4. The number of nitrogens with zero attached hydrogens (tertiary/aromatic N) is 3. The molecule has 1 aliphatic carbocycles. The Morgan fingerprint density at radius 1 is 1.17 bits per heavy atom. The zero-order valence-electron chi connectivity index (χ0n) is 14.1. The highest BCUT2D eigenvalue weighted by molar-refractivity contribution is 5.87. The lowest BCUT2D eigenvalue weighted by Gasteiger charge is -2.37. The number of primary amides is 1. The van der Waals surface area contributed by atoms with Crippen molar-refractivity contribution < 1.29 is 9.59 Å². The summed E-state index contributed by atoms with van der Waals surface area (Å²) in [5.41, 5.74) is 6.35. The van der Waals surface area contributed by atoms with Crippen LogP contribution in [0, 0.1) is 0 Å². The molecule has 1 atom stereocenters. The fraction of sp³-hybridized carbons (Fsp3) is 0.611. The van der Waals surface area contributed by atoms with Crippen LogP contribution in [-0.2, 0) is 11.3 Å². The molecule has 3 rings (SSSR count). The summed E-state index contributed by atoms with van der Waals surface area (Å²) < 4.78 is 0. The number of amides is 3. The first-order valence-electron chi connectivity index (χ1n) is 8.93. The Bertz CT molecular complexity index is 572. The summed E-state index contributed by atoms with van der Waals surface area (Å²) in [7, 11) is 0. The molecule has 6 heteroatoms. The maximum Gasteiger partial charge on any atom is 0.315 e. The molecule has 6 nitrogen and oxygen atoms in total. The van der Waals surface area contributed by atoms with E-state index in [1.807, 2.05) is 23.1 Å². The number of likely N-dealkylation sites (tertiary alicyclic amines) is 1. The number of hydrogen-bond donors (Lipinski definition) is 1. The highest BCUT2D eigenvalue weighted by Crippen LogP contribution is 2.27.